The molecule has 0 aliphatic carbocycles. The van der Waals surface area contributed by atoms with Gasteiger partial charge in [0.05, 0.1) is 6.54 Å². The molecule has 1 fully saturated rings. The van der Waals surface area contributed by atoms with Crippen molar-refractivity contribution in [1.82, 2.24) is 4.90 Å². The standard InChI is InChI=1S/C12H14FNOS/c13-11-3-1-2-10(8-11)12(15)9-14-4-6-16-7-5-14/h1-3,8H,4-7,9H2. The number of Topliss-reactive ketones (excluding diaryl/α,β-unsaturated/α-hetero) is 1. The first-order valence-electron chi connectivity index (χ1n) is 5.34. The molecule has 0 bridgehead atoms. The molecule has 1 aromatic carbocycles. The summed E-state index contributed by atoms with van der Waals surface area (Å²) >= 11 is 1.91. The molecule has 16 heavy (non-hydrogen) atoms. The molecule has 0 N–H and O–H groups in total. The number of carbonyl (C=O) groups is 1. The smallest absolute Gasteiger partial charge is 0.176 e. The zero-order valence-electron chi connectivity index (χ0n) is 8.99. The average molecular weight is 239 g/mol. The lowest BCUT2D eigenvalue weighted by molar-refractivity contribution is 0.0937. The van der Waals surface area contributed by atoms with Crippen molar-refractivity contribution < 1.29 is 9.18 Å². The first-order chi connectivity index (χ1) is 7.75. The number of hydrogen-bond donors (Lipinski definition) is 0. The van der Waals surface area contributed by atoms with Crippen molar-refractivity contribution in [3.8, 4) is 0 Å². The number of hydrogen-bond acceptors (Lipinski definition) is 3. The van der Waals surface area contributed by atoms with Gasteiger partial charge in [-0.25, -0.2) is 4.39 Å². The molecule has 4 heteroatoms. The van der Waals surface area contributed by atoms with Crippen LogP contribution in [0.2, 0.25) is 0 Å². The molecule has 2 rings (SSSR count). The Bertz CT molecular complexity index is 377. The van der Waals surface area contributed by atoms with E-state index in [0.29, 0.717) is 12.1 Å². The Balaban J connectivity index is 1.97. The highest BCUT2D eigenvalue weighted by atomic mass is 32.2. The number of halogens is 1. The molecule has 2 nitrogen and oxygen atoms in total. The Kier molecular flexibility index (Phi) is 3.96. The zero-order chi connectivity index (χ0) is 11.4. The summed E-state index contributed by atoms with van der Waals surface area (Å²) in [5.41, 5.74) is 0.471. The predicted molar refractivity (Wildman–Crippen MR) is 64.5 cm³/mol. The molecule has 0 radical (unpaired) electrons. The quantitative estimate of drug-likeness (QED) is 0.753. The van der Waals surface area contributed by atoms with E-state index in [1.54, 1.807) is 12.1 Å². The number of carbonyl (C=O) groups excluding carboxylic acids is 1. The molecule has 1 aliphatic rings. The third kappa shape index (κ3) is 3.06. The van der Waals surface area contributed by atoms with Crippen LogP contribution in [-0.2, 0) is 0 Å². The van der Waals surface area contributed by atoms with Gasteiger partial charge in [0.2, 0.25) is 0 Å². The largest absolute Gasteiger partial charge is 0.294 e. The summed E-state index contributed by atoms with van der Waals surface area (Å²) in [6.07, 6.45) is 0. The molecule has 0 spiro atoms. The Hall–Kier alpha value is -0.870. The van der Waals surface area contributed by atoms with Crippen LogP contribution in [0.1, 0.15) is 10.4 Å². The Morgan fingerprint density at radius 3 is 2.81 bits per heavy atom. The number of ketones is 1. The van der Waals surface area contributed by atoms with Gasteiger partial charge in [0.1, 0.15) is 5.82 Å². The van der Waals surface area contributed by atoms with E-state index in [1.165, 1.54) is 12.1 Å². The van der Waals surface area contributed by atoms with Gasteiger partial charge in [-0.2, -0.15) is 11.8 Å². The number of nitrogens with zero attached hydrogens (tertiary/aromatic N) is 1. The van der Waals surface area contributed by atoms with Gasteiger partial charge in [0.25, 0.3) is 0 Å². The molecule has 0 atom stereocenters. The molecule has 1 aliphatic heterocycles. The molecular formula is C12H14FNOS. The van der Waals surface area contributed by atoms with Gasteiger partial charge in [-0.05, 0) is 12.1 Å². The fourth-order valence-electron chi connectivity index (χ4n) is 1.72. The van der Waals surface area contributed by atoms with Crippen molar-refractivity contribution in [2.75, 3.05) is 31.1 Å². The summed E-state index contributed by atoms with van der Waals surface area (Å²) in [6.45, 7) is 2.31. The molecule has 0 unspecified atom stereocenters. The summed E-state index contributed by atoms with van der Waals surface area (Å²) in [4.78, 5) is 14.0. The maximum atomic E-state index is 12.9. The molecule has 1 heterocycles. The number of rotatable bonds is 3. The first-order valence-corrected chi connectivity index (χ1v) is 6.50. The second-order valence-electron chi connectivity index (χ2n) is 3.82. The van der Waals surface area contributed by atoms with Crippen molar-refractivity contribution in [3.63, 3.8) is 0 Å². The number of benzene rings is 1. The van der Waals surface area contributed by atoms with Gasteiger partial charge in [-0.3, -0.25) is 9.69 Å². The summed E-state index contributed by atoms with van der Waals surface area (Å²) in [7, 11) is 0. The van der Waals surface area contributed by atoms with Crippen molar-refractivity contribution in [2.45, 2.75) is 0 Å². The molecule has 0 saturated carbocycles. The third-order valence-corrected chi connectivity index (χ3v) is 3.56. The molecule has 1 aromatic rings. The Morgan fingerprint density at radius 2 is 2.12 bits per heavy atom. The van der Waals surface area contributed by atoms with E-state index in [4.69, 9.17) is 0 Å². The SMILES string of the molecule is O=C(CN1CCSCC1)c1cccc(F)c1. The van der Waals surface area contributed by atoms with Crippen LogP contribution in [0.15, 0.2) is 24.3 Å². The Labute approximate surface area is 98.8 Å². The van der Waals surface area contributed by atoms with Crippen LogP contribution in [0, 0.1) is 5.82 Å². The van der Waals surface area contributed by atoms with Gasteiger partial charge < -0.3 is 0 Å². The topological polar surface area (TPSA) is 20.3 Å². The van der Waals surface area contributed by atoms with Crippen LogP contribution in [-0.4, -0.2) is 41.8 Å². The van der Waals surface area contributed by atoms with Crippen LogP contribution in [0.25, 0.3) is 0 Å². The number of thioether (sulfide) groups is 1. The predicted octanol–water partition coefficient (Wildman–Crippen LogP) is 2.06. The van der Waals surface area contributed by atoms with Gasteiger partial charge in [-0.15, -0.1) is 0 Å². The van der Waals surface area contributed by atoms with Gasteiger partial charge in [0.15, 0.2) is 5.78 Å². The lowest BCUT2D eigenvalue weighted by Crippen LogP contribution is -2.36. The normalized spacial score (nSPS) is 17.3. The minimum atomic E-state index is -0.347. The first kappa shape index (κ1) is 11.6. The lowest BCUT2D eigenvalue weighted by atomic mass is 10.1. The van der Waals surface area contributed by atoms with Gasteiger partial charge in [-0.1, -0.05) is 12.1 Å². The van der Waals surface area contributed by atoms with Crippen LogP contribution >= 0.6 is 11.8 Å². The summed E-state index contributed by atoms with van der Waals surface area (Å²) in [6, 6.07) is 5.91. The molecule has 1 saturated heterocycles. The van der Waals surface area contributed by atoms with Crippen LogP contribution in [0.3, 0.4) is 0 Å². The minimum absolute atomic E-state index is 0.00593. The van der Waals surface area contributed by atoms with Crippen molar-refractivity contribution in [2.24, 2.45) is 0 Å². The van der Waals surface area contributed by atoms with Crippen molar-refractivity contribution in [1.29, 1.82) is 0 Å². The molecular weight excluding hydrogens is 225 g/mol. The maximum Gasteiger partial charge on any atom is 0.176 e. The second kappa shape index (κ2) is 5.46. The van der Waals surface area contributed by atoms with Gasteiger partial charge in [0, 0.05) is 30.2 Å². The van der Waals surface area contributed by atoms with E-state index in [1.807, 2.05) is 11.8 Å². The average Bonchev–Trinajstić information content (AvgIpc) is 2.30. The maximum absolute atomic E-state index is 12.9. The highest BCUT2D eigenvalue weighted by Crippen LogP contribution is 2.11. The van der Waals surface area contributed by atoms with E-state index in [-0.39, 0.29) is 11.6 Å². The monoisotopic (exact) mass is 239 g/mol. The van der Waals surface area contributed by atoms with Crippen molar-refractivity contribution >= 4 is 17.5 Å². The van der Waals surface area contributed by atoms with Gasteiger partial charge >= 0.3 is 0 Å². The lowest BCUT2D eigenvalue weighted by Gasteiger charge is -2.25. The Morgan fingerprint density at radius 1 is 1.38 bits per heavy atom. The third-order valence-electron chi connectivity index (χ3n) is 2.62. The minimum Gasteiger partial charge on any atom is -0.294 e. The van der Waals surface area contributed by atoms with Crippen LogP contribution in [0.5, 0.6) is 0 Å². The zero-order valence-corrected chi connectivity index (χ0v) is 9.80. The molecule has 86 valence electrons. The fraction of sp³-hybridized carbons (Fsp3) is 0.417. The highest BCUT2D eigenvalue weighted by Gasteiger charge is 2.15. The summed E-state index contributed by atoms with van der Waals surface area (Å²) in [5, 5.41) is 0. The highest BCUT2D eigenvalue weighted by molar-refractivity contribution is 7.99. The molecule has 0 aromatic heterocycles. The van der Waals surface area contributed by atoms with Crippen LogP contribution in [0.4, 0.5) is 4.39 Å². The van der Waals surface area contributed by atoms with E-state index < -0.39 is 0 Å². The van der Waals surface area contributed by atoms with E-state index in [9.17, 15) is 9.18 Å². The van der Waals surface area contributed by atoms with Crippen LogP contribution < -0.4 is 0 Å². The fourth-order valence-corrected chi connectivity index (χ4v) is 2.69. The molecule has 0 amide bonds. The van der Waals surface area contributed by atoms with E-state index in [2.05, 4.69) is 4.90 Å². The summed E-state index contributed by atoms with van der Waals surface area (Å²) < 4.78 is 12.9. The summed E-state index contributed by atoms with van der Waals surface area (Å²) in [5.74, 6) is 1.82. The van der Waals surface area contributed by atoms with E-state index in [0.717, 1.165) is 24.6 Å². The second-order valence-corrected chi connectivity index (χ2v) is 5.05. The van der Waals surface area contributed by atoms with Crippen molar-refractivity contribution in [3.05, 3.63) is 35.6 Å². The van der Waals surface area contributed by atoms with E-state index >= 15 is 0 Å².